The zero-order valence-electron chi connectivity index (χ0n) is 18.3. The molecule has 0 spiro atoms. The maximum atomic E-state index is 13.1. The molecule has 6 heteroatoms. The van der Waals surface area contributed by atoms with Crippen LogP contribution in [-0.2, 0) is 22.4 Å². The van der Waals surface area contributed by atoms with Gasteiger partial charge in [0.1, 0.15) is 6.33 Å². The lowest BCUT2D eigenvalue weighted by atomic mass is 9.73. The van der Waals surface area contributed by atoms with Gasteiger partial charge < -0.3 is 10.6 Å². The molecular formula is C26H28N4O2. The number of aryl methyl sites for hydroxylation is 1. The molecule has 0 saturated carbocycles. The number of aromatic nitrogens is 2. The summed E-state index contributed by atoms with van der Waals surface area (Å²) >= 11 is 0. The molecule has 0 radical (unpaired) electrons. The van der Waals surface area contributed by atoms with E-state index in [1.807, 2.05) is 60.4 Å². The van der Waals surface area contributed by atoms with Gasteiger partial charge in [0.05, 0.1) is 11.8 Å². The number of nitrogens with two attached hydrogens (primary N) is 1. The van der Waals surface area contributed by atoms with Crippen LogP contribution >= 0.6 is 0 Å². The van der Waals surface area contributed by atoms with E-state index in [0.717, 1.165) is 34.2 Å². The molecule has 164 valence electrons. The molecule has 3 aromatic rings. The minimum absolute atomic E-state index is 0.0314. The number of primary amides is 1. The van der Waals surface area contributed by atoms with E-state index < -0.39 is 5.41 Å². The van der Waals surface area contributed by atoms with Crippen LogP contribution in [0.4, 0.5) is 0 Å². The quantitative estimate of drug-likeness (QED) is 0.652. The monoisotopic (exact) mass is 428 g/mol. The molecule has 2 heterocycles. The molecule has 2 amide bonds. The number of rotatable bonds is 6. The predicted octanol–water partition coefficient (Wildman–Crippen LogP) is 3.33. The first-order chi connectivity index (χ1) is 15.5. The summed E-state index contributed by atoms with van der Waals surface area (Å²) in [7, 11) is 0. The molecule has 1 aliphatic heterocycles. The van der Waals surface area contributed by atoms with Crippen molar-refractivity contribution in [3.05, 3.63) is 83.9 Å². The van der Waals surface area contributed by atoms with Gasteiger partial charge in [-0.25, -0.2) is 9.97 Å². The van der Waals surface area contributed by atoms with Crippen LogP contribution < -0.4 is 5.73 Å². The van der Waals surface area contributed by atoms with Crippen LogP contribution in [0.1, 0.15) is 29.5 Å². The van der Waals surface area contributed by atoms with Gasteiger partial charge >= 0.3 is 0 Å². The lowest BCUT2D eigenvalue weighted by molar-refractivity contribution is -0.139. The summed E-state index contributed by atoms with van der Waals surface area (Å²) in [5.74, 6) is -0.326. The number of carbonyl (C=O) groups is 2. The zero-order chi connectivity index (χ0) is 22.6. The first-order valence-corrected chi connectivity index (χ1v) is 10.9. The van der Waals surface area contributed by atoms with Crippen molar-refractivity contribution in [1.29, 1.82) is 0 Å². The standard InChI is InChI=1S/C26H28N4O2/c1-19-7-9-20(10-8-19)13-24(31)30-12-4-11-26(17-30,25(27)32)14-21-5-2-3-6-23(21)22-15-28-18-29-16-22/h2-3,5-10,15-16,18H,4,11-14,17H2,1H3,(H2,27,32)/t26-/m1/s1. The van der Waals surface area contributed by atoms with Gasteiger partial charge in [0.15, 0.2) is 0 Å². The molecule has 0 unspecified atom stereocenters. The Morgan fingerprint density at radius 1 is 1.06 bits per heavy atom. The molecule has 1 saturated heterocycles. The molecule has 1 aromatic heterocycles. The Bertz CT molecular complexity index is 1100. The highest BCUT2D eigenvalue weighted by Crippen LogP contribution is 2.36. The molecular weight excluding hydrogens is 400 g/mol. The Hall–Kier alpha value is -3.54. The summed E-state index contributed by atoms with van der Waals surface area (Å²) in [6.45, 7) is 3.01. The SMILES string of the molecule is Cc1ccc(CC(=O)N2CCC[C@](Cc3ccccc3-c3cncnc3)(C(N)=O)C2)cc1. The average Bonchev–Trinajstić information content (AvgIpc) is 2.81. The molecule has 4 rings (SSSR count). The number of likely N-dealkylation sites (tertiary alicyclic amines) is 1. The highest BCUT2D eigenvalue weighted by molar-refractivity contribution is 5.84. The van der Waals surface area contributed by atoms with Crippen molar-refractivity contribution in [2.24, 2.45) is 11.1 Å². The molecule has 1 atom stereocenters. The van der Waals surface area contributed by atoms with Crippen molar-refractivity contribution in [3.8, 4) is 11.1 Å². The minimum Gasteiger partial charge on any atom is -0.369 e. The van der Waals surface area contributed by atoms with Gasteiger partial charge in [0.2, 0.25) is 11.8 Å². The Balaban J connectivity index is 1.57. The van der Waals surface area contributed by atoms with Crippen LogP contribution in [0, 0.1) is 12.3 Å². The number of nitrogens with zero attached hydrogens (tertiary/aromatic N) is 3. The Morgan fingerprint density at radius 2 is 1.78 bits per heavy atom. The van der Waals surface area contributed by atoms with E-state index in [1.165, 1.54) is 6.33 Å². The van der Waals surface area contributed by atoms with Crippen molar-refractivity contribution in [2.45, 2.75) is 32.6 Å². The van der Waals surface area contributed by atoms with E-state index in [9.17, 15) is 9.59 Å². The van der Waals surface area contributed by atoms with Crippen LogP contribution in [-0.4, -0.2) is 39.8 Å². The second kappa shape index (κ2) is 9.30. The fraction of sp³-hybridized carbons (Fsp3) is 0.308. The first kappa shape index (κ1) is 21.7. The lowest BCUT2D eigenvalue weighted by Crippen LogP contribution is -2.53. The summed E-state index contributed by atoms with van der Waals surface area (Å²) in [6.07, 6.45) is 7.24. The summed E-state index contributed by atoms with van der Waals surface area (Å²) in [4.78, 5) is 35.9. The van der Waals surface area contributed by atoms with Crippen LogP contribution in [0.25, 0.3) is 11.1 Å². The summed E-state index contributed by atoms with van der Waals surface area (Å²) < 4.78 is 0. The molecule has 2 N–H and O–H groups in total. The third-order valence-electron chi connectivity index (χ3n) is 6.35. The number of amides is 2. The smallest absolute Gasteiger partial charge is 0.227 e. The van der Waals surface area contributed by atoms with Gasteiger partial charge in [-0.2, -0.15) is 0 Å². The average molecular weight is 429 g/mol. The highest BCUT2D eigenvalue weighted by atomic mass is 16.2. The molecule has 0 bridgehead atoms. The van der Waals surface area contributed by atoms with E-state index >= 15 is 0 Å². The summed E-state index contributed by atoms with van der Waals surface area (Å²) in [5.41, 5.74) is 10.2. The first-order valence-electron chi connectivity index (χ1n) is 10.9. The zero-order valence-corrected chi connectivity index (χ0v) is 18.3. The van der Waals surface area contributed by atoms with Gasteiger partial charge in [0.25, 0.3) is 0 Å². The van der Waals surface area contributed by atoms with Crippen molar-refractivity contribution in [1.82, 2.24) is 14.9 Å². The lowest BCUT2D eigenvalue weighted by Gasteiger charge is -2.41. The Labute approximate surface area is 188 Å². The third-order valence-corrected chi connectivity index (χ3v) is 6.35. The van der Waals surface area contributed by atoms with E-state index in [1.54, 1.807) is 12.4 Å². The maximum absolute atomic E-state index is 13.1. The van der Waals surface area contributed by atoms with Crippen LogP contribution in [0.2, 0.25) is 0 Å². The van der Waals surface area contributed by atoms with E-state index in [4.69, 9.17) is 5.73 Å². The summed E-state index contributed by atoms with van der Waals surface area (Å²) in [5, 5.41) is 0. The van der Waals surface area contributed by atoms with E-state index in [0.29, 0.717) is 32.4 Å². The molecule has 32 heavy (non-hydrogen) atoms. The van der Waals surface area contributed by atoms with Crippen molar-refractivity contribution < 1.29 is 9.59 Å². The molecule has 0 aliphatic carbocycles. The van der Waals surface area contributed by atoms with Crippen molar-refractivity contribution >= 4 is 11.8 Å². The van der Waals surface area contributed by atoms with Crippen molar-refractivity contribution in [3.63, 3.8) is 0 Å². The van der Waals surface area contributed by atoms with Crippen LogP contribution in [0.5, 0.6) is 0 Å². The fourth-order valence-corrected chi connectivity index (χ4v) is 4.53. The van der Waals surface area contributed by atoms with Gasteiger partial charge in [-0.3, -0.25) is 9.59 Å². The number of hydrogen-bond acceptors (Lipinski definition) is 4. The second-order valence-corrected chi connectivity index (χ2v) is 8.69. The van der Waals surface area contributed by atoms with Gasteiger partial charge in [0, 0.05) is 31.0 Å². The fourth-order valence-electron chi connectivity index (χ4n) is 4.53. The molecule has 2 aromatic carbocycles. The highest BCUT2D eigenvalue weighted by Gasteiger charge is 2.42. The predicted molar refractivity (Wildman–Crippen MR) is 123 cm³/mol. The topological polar surface area (TPSA) is 89.2 Å². The minimum atomic E-state index is -0.799. The van der Waals surface area contributed by atoms with Crippen LogP contribution in [0.3, 0.4) is 0 Å². The number of benzene rings is 2. The van der Waals surface area contributed by atoms with Gasteiger partial charge in [-0.05, 0) is 42.9 Å². The Morgan fingerprint density at radius 3 is 2.50 bits per heavy atom. The maximum Gasteiger partial charge on any atom is 0.227 e. The second-order valence-electron chi connectivity index (χ2n) is 8.69. The molecule has 6 nitrogen and oxygen atoms in total. The van der Waals surface area contributed by atoms with E-state index in [2.05, 4.69) is 9.97 Å². The van der Waals surface area contributed by atoms with Crippen LogP contribution in [0.15, 0.2) is 67.3 Å². The normalized spacial score (nSPS) is 18.3. The van der Waals surface area contributed by atoms with Gasteiger partial charge in [-0.15, -0.1) is 0 Å². The van der Waals surface area contributed by atoms with Crippen molar-refractivity contribution in [2.75, 3.05) is 13.1 Å². The number of carbonyl (C=O) groups excluding carboxylic acids is 2. The molecule has 1 aliphatic rings. The molecule has 1 fully saturated rings. The largest absolute Gasteiger partial charge is 0.369 e. The van der Waals surface area contributed by atoms with E-state index in [-0.39, 0.29) is 11.8 Å². The number of piperidine rings is 1. The number of hydrogen-bond donors (Lipinski definition) is 1. The third kappa shape index (κ3) is 4.69. The summed E-state index contributed by atoms with van der Waals surface area (Å²) in [6, 6.07) is 15.9. The van der Waals surface area contributed by atoms with Gasteiger partial charge in [-0.1, -0.05) is 54.1 Å². The Kier molecular flexibility index (Phi) is 6.30.